The Morgan fingerprint density at radius 3 is 2.76 bits per heavy atom. The maximum atomic E-state index is 10.5. The Morgan fingerprint density at radius 2 is 1.95 bits per heavy atom. The maximum Gasteiger partial charge on any atom is 0.0596 e. The molecule has 4 aliphatic rings. The Morgan fingerprint density at radius 1 is 1.14 bits per heavy atom. The van der Waals surface area contributed by atoms with E-state index in [2.05, 4.69) is 32.1 Å². The highest BCUT2D eigenvalue weighted by Gasteiger charge is 2.58. The van der Waals surface area contributed by atoms with Gasteiger partial charge in [-0.1, -0.05) is 37.6 Å². The van der Waals surface area contributed by atoms with Crippen molar-refractivity contribution in [3.63, 3.8) is 0 Å². The van der Waals surface area contributed by atoms with Gasteiger partial charge in [0.2, 0.25) is 0 Å². The number of hydrogen-bond donors (Lipinski definition) is 2. The Labute approximate surface area is 128 Å². The fourth-order valence-corrected chi connectivity index (χ4v) is 6.33. The van der Waals surface area contributed by atoms with Gasteiger partial charge in [-0.2, -0.15) is 0 Å². The van der Waals surface area contributed by atoms with Gasteiger partial charge in [0.15, 0.2) is 0 Å². The van der Waals surface area contributed by atoms with Crippen molar-refractivity contribution in [2.75, 3.05) is 0 Å². The summed E-state index contributed by atoms with van der Waals surface area (Å²) in [5.41, 5.74) is 8.10. The van der Waals surface area contributed by atoms with Gasteiger partial charge in [-0.25, -0.2) is 0 Å². The van der Waals surface area contributed by atoms with E-state index in [0.717, 1.165) is 24.2 Å². The molecule has 2 unspecified atom stereocenters. The summed E-state index contributed by atoms with van der Waals surface area (Å²) < 4.78 is 0. The van der Waals surface area contributed by atoms with E-state index in [1.54, 1.807) is 5.57 Å². The maximum absolute atomic E-state index is 10.5. The van der Waals surface area contributed by atoms with Gasteiger partial charge in [-0.05, 0) is 61.7 Å². The molecule has 3 saturated carbocycles. The number of fused-ring (bicyclic) bond motifs is 5. The lowest BCUT2D eigenvalue weighted by Crippen LogP contribution is -2.50. The number of rotatable bonds is 0. The smallest absolute Gasteiger partial charge is 0.0596 e. The minimum absolute atomic E-state index is 0.0662. The largest absolute Gasteiger partial charge is 0.393 e. The molecule has 0 amide bonds. The second-order valence-electron chi connectivity index (χ2n) is 8.46. The molecular formula is C19H29NO. The number of allylic oxidation sites excluding steroid dienone is 2. The standard InChI is InChI=1S/C19H29NO/c1-18-9-7-13(20)11-12(18)3-4-14-15-5-6-17(21)19(15,2)10-8-16(14)18/h7,9,11,13-17,21H,3-6,8,10,20H2,1-2H3/t13?,14-,15-,16+,17?,18-,19-/m0/s1. The second-order valence-corrected chi connectivity index (χ2v) is 8.46. The molecule has 0 aromatic carbocycles. The average molecular weight is 287 g/mol. The summed E-state index contributed by atoms with van der Waals surface area (Å²) >= 11 is 0. The molecule has 21 heavy (non-hydrogen) atoms. The van der Waals surface area contributed by atoms with E-state index in [4.69, 9.17) is 5.73 Å². The molecule has 0 bridgehead atoms. The Kier molecular flexibility index (Phi) is 2.97. The SMILES string of the molecule is C[C@]12C=CC(N)C=C1CC[C@@H]1[C@H]2CC[C@]2(C)C(O)CC[C@@H]12. The highest BCUT2D eigenvalue weighted by atomic mass is 16.3. The van der Waals surface area contributed by atoms with Crippen LogP contribution in [0.3, 0.4) is 0 Å². The van der Waals surface area contributed by atoms with Crippen LogP contribution in [0.1, 0.15) is 52.4 Å². The third kappa shape index (κ3) is 1.78. The van der Waals surface area contributed by atoms with Gasteiger partial charge < -0.3 is 10.8 Å². The van der Waals surface area contributed by atoms with Crippen molar-refractivity contribution in [2.45, 2.75) is 64.5 Å². The van der Waals surface area contributed by atoms with Crippen molar-refractivity contribution in [1.29, 1.82) is 0 Å². The van der Waals surface area contributed by atoms with Crippen LogP contribution in [0.2, 0.25) is 0 Å². The summed E-state index contributed by atoms with van der Waals surface area (Å²) in [6.45, 7) is 4.79. The first-order valence-electron chi connectivity index (χ1n) is 8.79. The van der Waals surface area contributed by atoms with Crippen molar-refractivity contribution in [3.05, 3.63) is 23.8 Å². The summed E-state index contributed by atoms with van der Waals surface area (Å²) in [4.78, 5) is 0. The van der Waals surface area contributed by atoms with Crippen LogP contribution in [0, 0.1) is 28.6 Å². The van der Waals surface area contributed by atoms with E-state index < -0.39 is 0 Å². The Balaban J connectivity index is 1.69. The van der Waals surface area contributed by atoms with Crippen molar-refractivity contribution in [3.8, 4) is 0 Å². The van der Waals surface area contributed by atoms with Gasteiger partial charge in [-0.3, -0.25) is 0 Å². The molecule has 3 N–H and O–H groups in total. The van der Waals surface area contributed by atoms with Gasteiger partial charge in [0, 0.05) is 11.5 Å². The van der Waals surface area contributed by atoms with Gasteiger partial charge in [0.25, 0.3) is 0 Å². The minimum Gasteiger partial charge on any atom is -0.393 e. The van der Waals surface area contributed by atoms with Crippen LogP contribution in [0.5, 0.6) is 0 Å². The van der Waals surface area contributed by atoms with Gasteiger partial charge in [0.05, 0.1) is 6.10 Å². The summed E-state index contributed by atoms with van der Waals surface area (Å²) in [7, 11) is 0. The third-order valence-electron chi connectivity index (χ3n) is 7.65. The highest BCUT2D eigenvalue weighted by Crippen LogP contribution is 2.64. The lowest BCUT2D eigenvalue weighted by atomic mass is 9.48. The first-order chi connectivity index (χ1) is 9.95. The summed E-state index contributed by atoms with van der Waals surface area (Å²) in [6.07, 6.45) is 14.1. The molecular weight excluding hydrogens is 258 g/mol. The first kappa shape index (κ1) is 14.0. The highest BCUT2D eigenvalue weighted by molar-refractivity contribution is 5.34. The predicted octanol–water partition coefficient (Wildman–Crippen LogP) is 3.41. The fraction of sp³-hybridized carbons (Fsp3) is 0.789. The van der Waals surface area contributed by atoms with Gasteiger partial charge in [-0.15, -0.1) is 0 Å². The molecule has 4 rings (SSSR count). The molecule has 2 nitrogen and oxygen atoms in total. The van der Waals surface area contributed by atoms with Gasteiger partial charge in [0.1, 0.15) is 0 Å². The molecule has 0 heterocycles. The van der Waals surface area contributed by atoms with Crippen molar-refractivity contribution in [2.24, 2.45) is 34.3 Å². The minimum atomic E-state index is -0.0662. The van der Waals surface area contributed by atoms with Crippen LogP contribution in [0.25, 0.3) is 0 Å². The second kappa shape index (κ2) is 4.45. The fourth-order valence-electron chi connectivity index (χ4n) is 6.33. The molecule has 0 aromatic heterocycles. The quantitative estimate of drug-likeness (QED) is 0.671. The molecule has 3 fully saturated rings. The van der Waals surface area contributed by atoms with Crippen LogP contribution in [-0.4, -0.2) is 17.3 Å². The van der Waals surface area contributed by atoms with Crippen molar-refractivity contribution < 1.29 is 5.11 Å². The van der Waals surface area contributed by atoms with E-state index in [9.17, 15) is 5.11 Å². The van der Waals surface area contributed by atoms with Crippen LogP contribution < -0.4 is 5.73 Å². The topological polar surface area (TPSA) is 46.2 Å². The molecule has 0 aliphatic heterocycles. The lowest BCUT2D eigenvalue weighted by molar-refractivity contribution is -0.0616. The average Bonchev–Trinajstić information content (AvgIpc) is 2.76. The van der Waals surface area contributed by atoms with Crippen LogP contribution in [0.15, 0.2) is 23.8 Å². The van der Waals surface area contributed by atoms with Crippen LogP contribution >= 0.6 is 0 Å². The molecule has 7 atom stereocenters. The predicted molar refractivity (Wildman–Crippen MR) is 85.6 cm³/mol. The molecule has 2 heteroatoms. The molecule has 0 spiro atoms. The van der Waals surface area contributed by atoms with Crippen LogP contribution in [0.4, 0.5) is 0 Å². The number of hydrogen-bond acceptors (Lipinski definition) is 2. The summed E-state index contributed by atoms with van der Waals surface area (Å²) in [6, 6.07) is 0.117. The molecule has 116 valence electrons. The molecule has 0 radical (unpaired) electrons. The van der Waals surface area contributed by atoms with E-state index in [1.165, 1.54) is 32.1 Å². The van der Waals surface area contributed by atoms with Crippen molar-refractivity contribution >= 4 is 0 Å². The van der Waals surface area contributed by atoms with E-state index in [-0.39, 0.29) is 23.0 Å². The third-order valence-corrected chi connectivity index (χ3v) is 7.65. The zero-order valence-corrected chi connectivity index (χ0v) is 13.4. The van der Waals surface area contributed by atoms with Gasteiger partial charge >= 0.3 is 0 Å². The number of aliphatic hydroxyl groups excluding tert-OH is 1. The zero-order chi connectivity index (χ0) is 14.8. The van der Waals surface area contributed by atoms with Crippen LogP contribution in [-0.2, 0) is 0 Å². The summed E-state index contributed by atoms with van der Waals surface area (Å²) in [5, 5.41) is 10.5. The number of aliphatic hydroxyl groups is 1. The Hall–Kier alpha value is -0.600. The molecule has 0 aromatic rings. The summed E-state index contributed by atoms with van der Waals surface area (Å²) in [5.74, 6) is 2.28. The van der Waals surface area contributed by atoms with E-state index in [0.29, 0.717) is 0 Å². The normalized spacial score (nSPS) is 55.4. The Bertz CT molecular complexity index is 510. The first-order valence-corrected chi connectivity index (χ1v) is 8.79. The molecule has 4 aliphatic carbocycles. The van der Waals surface area contributed by atoms with E-state index >= 15 is 0 Å². The lowest BCUT2D eigenvalue weighted by Gasteiger charge is -2.56. The zero-order valence-electron chi connectivity index (χ0n) is 13.4. The van der Waals surface area contributed by atoms with E-state index in [1.807, 2.05) is 0 Å². The molecule has 0 saturated heterocycles. The number of nitrogens with two attached hydrogens (primary N) is 1. The monoisotopic (exact) mass is 287 g/mol. The van der Waals surface area contributed by atoms with Crippen molar-refractivity contribution in [1.82, 2.24) is 0 Å².